The molecule has 0 bridgehead atoms. The van der Waals surface area contributed by atoms with E-state index in [9.17, 15) is 14.9 Å². The normalized spacial score (nSPS) is 10.2. The Morgan fingerprint density at radius 1 is 1.28 bits per heavy atom. The van der Waals surface area contributed by atoms with Crippen LogP contribution in [0.15, 0.2) is 42.5 Å². The number of hydrogen-bond donors (Lipinski definition) is 2. The van der Waals surface area contributed by atoms with E-state index in [0.29, 0.717) is 11.4 Å². The third-order valence-corrected chi connectivity index (χ3v) is 4.00. The molecule has 0 aliphatic heterocycles. The molecule has 0 heterocycles. The third kappa shape index (κ3) is 5.51. The zero-order chi connectivity index (χ0) is 18.4. The predicted octanol–water partition coefficient (Wildman–Crippen LogP) is 4.00. The van der Waals surface area contributed by atoms with Crippen molar-refractivity contribution in [3.8, 4) is 0 Å². The summed E-state index contributed by atoms with van der Waals surface area (Å²) in [6.45, 7) is 1.76. The van der Waals surface area contributed by atoms with E-state index in [-0.39, 0.29) is 28.8 Å². The van der Waals surface area contributed by atoms with E-state index in [2.05, 4.69) is 10.6 Å². The number of halogens is 1. The number of anilines is 1. The van der Waals surface area contributed by atoms with Crippen molar-refractivity contribution in [2.75, 3.05) is 5.32 Å². The number of hydrogen-bond acceptors (Lipinski definition) is 4. The van der Waals surface area contributed by atoms with Gasteiger partial charge < -0.3 is 10.6 Å². The molecule has 0 atom stereocenters. The summed E-state index contributed by atoms with van der Waals surface area (Å²) in [6, 6.07) is 12.0. The smallest absolute Gasteiger partial charge is 0.292 e. The topological polar surface area (TPSA) is 84.3 Å². The van der Waals surface area contributed by atoms with Gasteiger partial charge >= 0.3 is 0 Å². The maximum atomic E-state index is 12.0. The fourth-order valence-electron chi connectivity index (χ4n) is 2.19. The highest BCUT2D eigenvalue weighted by atomic mass is 35.5. The number of thiocarbonyl (C=S) groups is 1. The van der Waals surface area contributed by atoms with Crippen molar-refractivity contribution in [1.29, 1.82) is 0 Å². The first-order chi connectivity index (χ1) is 11.9. The van der Waals surface area contributed by atoms with E-state index in [0.717, 1.165) is 11.1 Å². The van der Waals surface area contributed by atoms with E-state index >= 15 is 0 Å². The number of nitro benzene ring substituents is 1. The molecule has 0 saturated carbocycles. The molecule has 0 saturated heterocycles. The van der Waals surface area contributed by atoms with Crippen LogP contribution in [0.3, 0.4) is 0 Å². The van der Waals surface area contributed by atoms with E-state index in [4.69, 9.17) is 23.8 Å². The van der Waals surface area contributed by atoms with Gasteiger partial charge in [-0.15, -0.1) is 0 Å². The summed E-state index contributed by atoms with van der Waals surface area (Å²) in [5.74, 6) is -0.299. The zero-order valence-corrected chi connectivity index (χ0v) is 15.0. The Bertz CT molecular complexity index is 827. The van der Waals surface area contributed by atoms with Crippen molar-refractivity contribution in [3.63, 3.8) is 0 Å². The minimum absolute atomic E-state index is 0.0103. The van der Waals surface area contributed by atoms with E-state index in [1.165, 1.54) is 6.07 Å². The Morgan fingerprint density at radius 2 is 2.00 bits per heavy atom. The van der Waals surface area contributed by atoms with E-state index in [1.54, 1.807) is 25.1 Å². The molecular weight excluding hydrogens is 362 g/mol. The molecule has 1 amide bonds. The van der Waals surface area contributed by atoms with Gasteiger partial charge in [0.1, 0.15) is 5.69 Å². The van der Waals surface area contributed by atoms with Gasteiger partial charge in [0, 0.05) is 17.5 Å². The van der Waals surface area contributed by atoms with Gasteiger partial charge in [-0.3, -0.25) is 14.9 Å². The second-order valence-electron chi connectivity index (χ2n) is 5.37. The molecule has 6 nitrogen and oxygen atoms in total. The monoisotopic (exact) mass is 377 g/mol. The summed E-state index contributed by atoms with van der Waals surface area (Å²) >= 11 is 11.1. The molecule has 0 radical (unpaired) electrons. The van der Waals surface area contributed by atoms with Crippen molar-refractivity contribution in [1.82, 2.24) is 5.32 Å². The van der Waals surface area contributed by atoms with Crippen LogP contribution in [0.2, 0.25) is 5.02 Å². The van der Waals surface area contributed by atoms with Gasteiger partial charge in [-0.05, 0) is 48.8 Å². The number of nitro groups is 1. The second-order valence-corrected chi connectivity index (χ2v) is 6.19. The molecule has 2 aromatic rings. The molecule has 2 rings (SSSR count). The van der Waals surface area contributed by atoms with Crippen LogP contribution < -0.4 is 10.6 Å². The summed E-state index contributed by atoms with van der Waals surface area (Å²) in [7, 11) is 0. The van der Waals surface area contributed by atoms with Crippen LogP contribution in [0.5, 0.6) is 0 Å². The molecule has 25 heavy (non-hydrogen) atoms. The van der Waals surface area contributed by atoms with Gasteiger partial charge in [0.2, 0.25) is 5.91 Å². The summed E-state index contributed by atoms with van der Waals surface area (Å²) < 4.78 is 0. The lowest BCUT2D eigenvalue weighted by Gasteiger charge is -2.10. The van der Waals surface area contributed by atoms with Crippen molar-refractivity contribution in [2.45, 2.75) is 19.8 Å². The summed E-state index contributed by atoms with van der Waals surface area (Å²) in [4.78, 5) is 22.6. The molecule has 0 aliphatic rings. The maximum absolute atomic E-state index is 12.0. The number of benzene rings is 2. The molecule has 2 N–H and O–H groups in total. The quantitative estimate of drug-likeness (QED) is 0.467. The first-order valence-electron chi connectivity index (χ1n) is 7.46. The largest absolute Gasteiger partial charge is 0.327 e. The Balaban J connectivity index is 1.93. The molecule has 0 fully saturated rings. The molecule has 0 aliphatic carbocycles. The molecule has 2 aromatic carbocycles. The Kier molecular flexibility index (Phi) is 6.44. The first-order valence-corrected chi connectivity index (χ1v) is 8.24. The number of carbonyl (C=O) groups is 1. The van der Waals surface area contributed by atoms with Gasteiger partial charge in [-0.2, -0.15) is 0 Å². The fourth-order valence-corrected chi connectivity index (χ4v) is 2.64. The SMILES string of the molecule is Cc1ccc(NC(=S)NC(=O)CCc2ccccc2Cl)c([N+](=O)[O-])c1. The number of nitrogens with zero attached hydrogens (tertiary/aromatic N) is 1. The molecular formula is C17H16ClN3O3S. The number of amides is 1. The number of carbonyl (C=O) groups excluding carboxylic acids is 1. The Hall–Kier alpha value is -2.51. The van der Waals surface area contributed by atoms with E-state index in [1.807, 2.05) is 18.2 Å². The van der Waals surface area contributed by atoms with Gasteiger partial charge in [0.25, 0.3) is 5.69 Å². The average molecular weight is 378 g/mol. The van der Waals surface area contributed by atoms with Crippen molar-refractivity contribution >= 4 is 46.2 Å². The highest BCUT2D eigenvalue weighted by Gasteiger charge is 2.15. The lowest BCUT2D eigenvalue weighted by molar-refractivity contribution is -0.383. The molecule has 130 valence electrons. The number of nitrogens with one attached hydrogen (secondary N) is 2. The minimum atomic E-state index is -0.503. The summed E-state index contributed by atoms with van der Waals surface area (Å²) in [5, 5.41) is 16.9. The van der Waals surface area contributed by atoms with Crippen molar-refractivity contribution < 1.29 is 9.72 Å². The number of rotatable bonds is 5. The highest BCUT2D eigenvalue weighted by Crippen LogP contribution is 2.25. The van der Waals surface area contributed by atoms with Crippen LogP contribution >= 0.6 is 23.8 Å². The molecule has 8 heteroatoms. The lowest BCUT2D eigenvalue weighted by atomic mass is 10.1. The third-order valence-electron chi connectivity index (χ3n) is 3.43. The van der Waals surface area contributed by atoms with Crippen LogP contribution in [-0.2, 0) is 11.2 Å². The zero-order valence-electron chi connectivity index (χ0n) is 13.4. The van der Waals surface area contributed by atoms with Gasteiger partial charge in [0.15, 0.2) is 5.11 Å². The molecule has 0 aromatic heterocycles. The fraction of sp³-hybridized carbons (Fsp3) is 0.176. The number of aryl methyl sites for hydroxylation is 2. The average Bonchev–Trinajstić information content (AvgIpc) is 2.55. The van der Waals surface area contributed by atoms with Crippen LogP contribution in [-0.4, -0.2) is 15.9 Å². The Labute approximate surface area is 155 Å². The van der Waals surface area contributed by atoms with Crippen LogP contribution in [0.1, 0.15) is 17.5 Å². The second kappa shape index (κ2) is 8.55. The van der Waals surface area contributed by atoms with Gasteiger partial charge in [-0.25, -0.2) is 0 Å². The van der Waals surface area contributed by atoms with E-state index < -0.39 is 4.92 Å². The van der Waals surface area contributed by atoms with Crippen LogP contribution in [0.4, 0.5) is 11.4 Å². The lowest BCUT2D eigenvalue weighted by Crippen LogP contribution is -2.34. The van der Waals surface area contributed by atoms with Crippen molar-refractivity contribution in [3.05, 3.63) is 68.7 Å². The Morgan fingerprint density at radius 3 is 2.68 bits per heavy atom. The van der Waals surface area contributed by atoms with Crippen LogP contribution in [0, 0.1) is 17.0 Å². The van der Waals surface area contributed by atoms with Gasteiger partial charge in [-0.1, -0.05) is 35.9 Å². The van der Waals surface area contributed by atoms with Gasteiger partial charge in [0.05, 0.1) is 4.92 Å². The minimum Gasteiger partial charge on any atom is -0.327 e. The highest BCUT2D eigenvalue weighted by molar-refractivity contribution is 7.80. The summed E-state index contributed by atoms with van der Waals surface area (Å²) in [5.41, 5.74) is 1.75. The standard InChI is InChI=1S/C17H16ClN3O3S/c1-11-6-8-14(15(10-11)21(23)24)19-17(25)20-16(22)9-7-12-4-2-3-5-13(12)18/h2-6,8,10H,7,9H2,1H3,(H2,19,20,22,25). The van der Waals surface area contributed by atoms with Crippen LogP contribution in [0.25, 0.3) is 0 Å². The van der Waals surface area contributed by atoms with Crippen molar-refractivity contribution in [2.24, 2.45) is 0 Å². The molecule has 0 spiro atoms. The summed E-state index contributed by atoms with van der Waals surface area (Å²) in [6.07, 6.45) is 0.667. The first kappa shape index (κ1) is 18.8. The molecule has 0 unspecified atom stereocenters. The predicted molar refractivity (Wildman–Crippen MR) is 102 cm³/mol. The maximum Gasteiger partial charge on any atom is 0.292 e.